The summed E-state index contributed by atoms with van der Waals surface area (Å²) in [6.45, 7) is 0. The van der Waals surface area contributed by atoms with Gasteiger partial charge in [-0.2, -0.15) is 15.0 Å². The van der Waals surface area contributed by atoms with E-state index >= 15 is 0 Å². The highest BCUT2D eigenvalue weighted by Gasteiger charge is 2.21. The van der Waals surface area contributed by atoms with Crippen molar-refractivity contribution in [3.05, 3.63) is 212 Å². The maximum atomic E-state index is 9.89. The van der Waals surface area contributed by atoms with Crippen LogP contribution in [0.1, 0.15) is 27.4 Å². The van der Waals surface area contributed by atoms with Gasteiger partial charge in [-0.05, 0) is 75.7 Å². The summed E-state index contributed by atoms with van der Waals surface area (Å²) in [5.41, 5.74) is 2.22. The molecule has 0 amide bonds. The van der Waals surface area contributed by atoms with Crippen molar-refractivity contribution >= 4 is 65.6 Å². The van der Waals surface area contributed by atoms with E-state index in [0.29, 0.717) is 0 Å². The normalized spacial score (nSPS) is 16.3. The highest BCUT2D eigenvalue weighted by molar-refractivity contribution is 6.11. The van der Waals surface area contributed by atoms with Crippen LogP contribution in [0, 0.1) is 0 Å². The van der Waals surface area contributed by atoms with E-state index < -0.39 is 160 Å². The molecule has 0 atom stereocenters. The number of hydrogen-bond donors (Lipinski definition) is 0. The number of benzene rings is 9. The fourth-order valence-corrected chi connectivity index (χ4v) is 8.09. The van der Waals surface area contributed by atoms with Gasteiger partial charge in [0.2, 0.25) is 11.9 Å². The molecule has 0 spiro atoms. The zero-order valence-corrected chi connectivity index (χ0v) is 32.3. The van der Waals surface area contributed by atoms with Gasteiger partial charge in [-0.3, -0.25) is 9.13 Å². The molecule has 0 aliphatic carbocycles. The first-order chi connectivity index (χ1) is 39.5. The van der Waals surface area contributed by atoms with Crippen molar-refractivity contribution in [2.45, 2.75) is 0 Å². The standard InChI is InChI=1S/C57H35N5O/c1-2-12-36(13-3-1)42-30-32-46-45-16-6-10-20-51(45)62(52(46)35-42)57-59-55(58-56(60-57)61-49-18-8-4-14-43(49)44-15-5-9-19-50(44)61)40-28-26-38(27-29-40)37-22-24-39(25-23-37)41-31-33-54-48(34-41)47-17-7-11-21-53(47)63-54/h1-35H/i1D,2D,3D,4D,5D,6D,8D,9D,10D,12D,13D,14D,15D,16D,18D,19D,20D,30D,32D,35D. The predicted molar refractivity (Wildman–Crippen MR) is 258 cm³/mol. The molecule has 13 rings (SSSR count). The lowest BCUT2D eigenvalue weighted by Crippen LogP contribution is -2.10. The number of rotatable bonds is 6. The summed E-state index contributed by atoms with van der Waals surface area (Å²) >= 11 is 0. The largest absolute Gasteiger partial charge is 0.456 e. The second-order valence-electron chi connectivity index (χ2n) is 14.5. The van der Waals surface area contributed by atoms with Gasteiger partial charge in [0.05, 0.1) is 49.5 Å². The number of nitrogens with zero attached hydrogens (tertiary/aromatic N) is 5. The second-order valence-corrected chi connectivity index (χ2v) is 14.5. The zero-order valence-electron chi connectivity index (χ0n) is 52.3. The molecular weight excluding hydrogens is 771 g/mol. The molecule has 294 valence electrons. The first kappa shape index (κ1) is 20.8. The average molecular weight is 826 g/mol. The van der Waals surface area contributed by atoms with Crippen molar-refractivity contribution < 1.29 is 31.8 Å². The van der Waals surface area contributed by atoms with Crippen molar-refractivity contribution in [2.24, 2.45) is 0 Å². The third-order valence-electron chi connectivity index (χ3n) is 11.0. The van der Waals surface area contributed by atoms with Gasteiger partial charge in [0.15, 0.2) is 5.82 Å². The van der Waals surface area contributed by atoms with Crippen molar-refractivity contribution in [1.29, 1.82) is 0 Å². The predicted octanol–water partition coefficient (Wildman–Crippen LogP) is 14.6. The lowest BCUT2D eigenvalue weighted by atomic mass is 9.98. The van der Waals surface area contributed by atoms with Gasteiger partial charge >= 0.3 is 0 Å². The van der Waals surface area contributed by atoms with E-state index in [9.17, 15) is 9.60 Å². The van der Waals surface area contributed by atoms with Gasteiger partial charge in [-0.1, -0.05) is 169 Å². The minimum absolute atomic E-state index is 0.234. The Bertz CT molecular complexity index is 4990. The van der Waals surface area contributed by atoms with E-state index in [-0.39, 0.29) is 38.6 Å². The van der Waals surface area contributed by atoms with E-state index in [4.69, 9.17) is 37.2 Å². The summed E-state index contributed by atoms with van der Waals surface area (Å²) in [5.74, 6) is -1.38. The molecule has 0 saturated carbocycles. The van der Waals surface area contributed by atoms with Gasteiger partial charge < -0.3 is 4.42 Å². The van der Waals surface area contributed by atoms with Crippen molar-refractivity contribution in [2.75, 3.05) is 0 Å². The lowest BCUT2D eigenvalue weighted by molar-refractivity contribution is 0.669. The molecule has 0 aliphatic rings. The Morgan fingerprint density at radius 1 is 0.349 bits per heavy atom. The number of para-hydroxylation sites is 4. The third-order valence-corrected chi connectivity index (χ3v) is 11.0. The summed E-state index contributed by atoms with van der Waals surface area (Å²) in [4.78, 5) is 14.5. The lowest BCUT2D eigenvalue weighted by Gasteiger charge is -2.13. The van der Waals surface area contributed by atoms with E-state index in [2.05, 4.69) is 6.07 Å². The maximum absolute atomic E-state index is 9.89. The summed E-state index contributed by atoms with van der Waals surface area (Å²) in [6.07, 6.45) is 0. The fourth-order valence-electron chi connectivity index (χ4n) is 8.09. The van der Waals surface area contributed by atoms with Gasteiger partial charge in [0.1, 0.15) is 11.2 Å². The Balaban J connectivity index is 1.10. The smallest absolute Gasteiger partial charge is 0.240 e. The summed E-state index contributed by atoms with van der Waals surface area (Å²) in [7, 11) is 0. The highest BCUT2D eigenvalue weighted by atomic mass is 16.3. The van der Waals surface area contributed by atoms with Crippen LogP contribution >= 0.6 is 0 Å². The van der Waals surface area contributed by atoms with Crippen LogP contribution in [0.3, 0.4) is 0 Å². The van der Waals surface area contributed by atoms with E-state index in [1.54, 1.807) is 24.3 Å². The van der Waals surface area contributed by atoms with Crippen LogP contribution in [0.2, 0.25) is 0 Å². The SMILES string of the molecule is [2H]c1c([2H])c([2H])c(-c2c([2H])c([2H])c3c4c([2H])c([2H])c([2H])c([2H])c4n(-c4nc(-c5ccc(-c6ccc(-c7ccc8oc9ccccc9c8c7)cc6)cc5)nc(-n5c6c([2H])c([2H])c([2H])c([2H])c6c6c([2H])c([2H])c([2H])c([2H])c65)n4)c3c2[2H])c([2H])c1[2H]. The third kappa shape index (κ3) is 5.69. The Kier molecular flexibility index (Phi) is 4.61. The molecule has 0 saturated heterocycles. The molecule has 0 N–H and O–H groups in total. The number of furan rings is 1. The second kappa shape index (κ2) is 14.0. The molecule has 0 fully saturated rings. The molecule has 6 heteroatoms. The molecule has 6 nitrogen and oxygen atoms in total. The molecule has 9 aromatic carbocycles. The Morgan fingerprint density at radius 3 is 1.48 bits per heavy atom. The van der Waals surface area contributed by atoms with Crippen LogP contribution in [0.4, 0.5) is 0 Å². The van der Waals surface area contributed by atoms with Crippen LogP contribution < -0.4 is 0 Å². The van der Waals surface area contributed by atoms with Crippen LogP contribution in [0.5, 0.6) is 0 Å². The Labute approximate surface area is 389 Å². The van der Waals surface area contributed by atoms with Crippen LogP contribution in [0.25, 0.3) is 122 Å². The van der Waals surface area contributed by atoms with Gasteiger partial charge in [-0.25, -0.2) is 0 Å². The molecule has 0 radical (unpaired) electrons. The van der Waals surface area contributed by atoms with Gasteiger partial charge in [-0.15, -0.1) is 0 Å². The molecule has 63 heavy (non-hydrogen) atoms. The van der Waals surface area contributed by atoms with Gasteiger partial charge in [0, 0.05) is 37.9 Å². The van der Waals surface area contributed by atoms with Gasteiger partial charge in [0.25, 0.3) is 0 Å². The van der Waals surface area contributed by atoms with E-state index in [1.807, 2.05) is 60.7 Å². The molecule has 4 aromatic heterocycles. The monoisotopic (exact) mass is 825 g/mol. The van der Waals surface area contributed by atoms with Crippen molar-refractivity contribution in [3.63, 3.8) is 0 Å². The van der Waals surface area contributed by atoms with Crippen molar-refractivity contribution in [3.8, 4) is 56.7 Å². The minimum Gasteiger partial charge on any atom is -0.456 e. The highest BCUT2D eigenvalue weighted by Crippen LogP contribution is 2.37. The molecule has 13 aromatic rings. The molecule has 0 unspecified atom stereocenters. The van der Waals surface area contributed by atoms with E-state index in [1.165, 1.54) is 0 Å². The Hall–Kier alpha value is -8.61. The first-order valence-electron chi connectivity index (χ1n) is 29.5. The minimum atomic E-state index is -0.825. The van der Waals surface area contributed by atoms with Crippen molar-refractivity contribution in [1.82, 2.24) is 24.1 Å². The first-order valence-corrected chi connectivity index (χ1v) is 19.5. The average Bonchev–Trinajstić information content (AvgIpc) is 2.58. The zero-order chi connectivity index (χ0) is 58.8. The topological polar surface area (TPSA) is 61.7 Å². The van der Waals surface area contributed by atoms with Crippen LogP contribution in [-0.4, -0.2) is 24.1 Å². The molecular formula is C57H35N5O. The van der Waals surface area contributed by atoms with Crippen LogP contribution in [-0.2, 0) is 0 Å². The summed E-state index contributed by atoms with van der Waals surface area (Å²) in [6, 6.07) is 13.3. The summed E-state index contributed by atoms with van der Waals surface area (Å²) < 4.78 is 187. The van der Waals surface area contributed by atoms with Crippen LogP contribution in [0.15, 0.2) is 216 Å². The summed E-state index contributed by atoms with van der Waals surface area (Å²) in [5, 5.41) is 0.518. The maximum Gasteiger partial charge on any atom is 0.240 e. The molecule has 0 bridgehead atoms. The number of aromatic nitrogens is 5. The molecule has 4 heterocycles. The Morgan fingerprint density at radius 2 is 0.841 bits per heavy atom. The molecule has 0 aliphatic heterocycles. The number of fused-ring (bicyclic) bond motifs is 9. The van der Waals surface area contributed by atoms with E-state index in [0.717, 1.165) is 53.3 Å². The quantitative estimate of drug-likeness (QED) is 0.168. The fraction of sp³-hybridized carbons (Fsp3) is 0. The number of hydrogen-bond acceptors (Lipinski definition) is 4.